The van der Waals surface area contributed by atoms with Crippen LogP contribution in [0, 0.1) is 6.92 Å². The lowest BCUT2D eigenvalue weighted by molar-refractivity contribution is 0.0933. The van der Waals surface area contributed by atoms with Gasteiger partial charge in [0, 0.05) is 11.2 Å². The number of nitrogens with two attached hydrogens (primary N) is 1. The predicted octanol–water partition coefficient (Wildman–Crippen LogP) is 4.47. The number of halogens is 1. The van der Waals surface area contributed by atoms with E-state index in [1.807, 2.05) is 31.2 Å². The quantitative estimate of drug-likeness (QED) is 0.556. The second kappa shape index (κ2) is 9.23. The van der Waals surface area contributed by atoms with Gasteiger partial charge in [-0.1, -0.05) is 24.9 Å². The molecular weight excluding hydrogens is 394 g/mol. The van der Waals surface area contributed by atoms with Gasteiger partial charge < -0.3 is 5.32 Å². The van der Waals surface area contributed by atoms with Crippen molar-refractivity contribution in [3.05, 3.63) is 70.6 Å². The molecule has 3 aromatic rings. The average Bonchev–Trinajstić information content (AvgIpc) is 3.09. The van der Waals surface area contributed by atoms with Gasteiger partial charge in [0.2, 0.25) is 0 Å². The first-order valence-electron chi connectivity index (χ1n) is 8.97. The van der Waals surface area contributed by atoms with E-state index in [1.54, 1.807) is 29.2 Å². The highest BCUT2D eigenvalue weighted by atomic mass is 35.5. The second-order valence-corrected chi connectivity index (χ2v) is 7.48. The minimum atomic E-state index is -0.157. The van der Waals surface area contributed by atoms with Crippen molar-refractivity contribution in [3.8, 4) is 5.69 Å². The monoisotopic (exact) mass is 415 g/mol. The van der Waals surface area contributed by atoms with Crippen LogP contribution in [-0.2, 0) is 0 Å². The van der Waals surface area contributed by atoms with Gasteiger partial charge in [-0.2, -0.15) is 5.10 Å². The maximum absolute atomic E-state index is 12.9. The van der Waals surface area contributed by atoms with Gasteiger partial charge in [-0.05, 0) is 67.3 Å². The first kappa shape index (κ1) is 20.4. The van der Waals surface area contributed by atoms with E-state index in [-0.39, 0.29) is 11.9 Å². The summed E-state index contributed by atoms with van der Waals surface area (Å²) in [5, 5.41) is 14.5. The Hall–Kier alpha value is -2.35. The standard InChI is InChI=1S/C20H22ClN5OS/c1-3-4-18(14-9-10-23-19(11-14)28-22)25-20(27)17-12-24-26(13(17)2)16-7-5-15(21)6-8-16/h5-12,18H,3-4,22H2,1-2H3,(H,25,27). The molecule has 3 rings (SSSR count). The van der Waals surface area contributed by atoms with Crippen molar-refractivity contribution in [2.45, 2.75) is 37.8 Å². The molecule has 1 aromatic carbocycles. The summed E-state index contributed by atoms with van der Waals surface area (Å²) in [5.41, 5.74) is 3.15. The summed E-state index contributed by atoms with van der Waals surface area (Å²) in [5.74, 6) is -0.157. The number of benzene rings is 1. The number of aromatic nitrogens is 3. The number of carbonyl (C=O) groups excluding carboxylic acids is 1. The minimum absolute atomic E-state index is 0.121. The van der Waals surface area contributed by atoms with Crippen LogP contribution in [0.5, 0.6) is 0 Å². The van der Waals surface area contributed by atoms with Gasteiger partial charge in [-0.15, -0.1) is 0 Å². The van der Waals surface area contributed by atoms with Crippen molar-refractivity contribution >= 4 is 29.5 Å². The maximum Gasteiger partial charge on any atom is 0.255 e. The molecule has 8 heteroatoms. The van der Waals surface area contributed by atoms with Crippen molar-refractivity contribution in [1.82, 2.24) is 20.1 Å². The third kappa shape index (κ3) is 4.55. The van der Waals surface area contributed by atoms with E-state index in [1.165, 1.54) is 0 Å². The number of nitrogens with zero attached hydrogens (tertiary/aromatic N) is 3. The molecule has 2 aromatic heterocycles. The number of hydrogen-bond acceptors (Lipinski definition) is 5. The maximum atomic E-state index is 12.9. The van der Waals surface area contributed by atoms with Crippen LogP contribution in [0.15, 0.2) is 53.8 Å². The number of hydrogen-bond donors (Lipinski definition) is 2. The van der Waals surface area contributed by atoms with E-state index in [2.05, 4.69) is 22.3 Å². The van der Waals surface area contributed by atoms with Crippen LogP contribution in [0.2, 0.25) is 5.02 Å². The second-order valence-electron chi connectivity index (χ2n) is 6.39. The van der Waals surface area contributed by atoms with Gasteiger partial charge in [0.1, 0.15) is 5.03 Å². The average molecular weight is 416 g/mol. The normalized spacial score (nSPS) is 12.0. The van der Waals surface area contributed by atoms with Gasteiger partial charge >= 0.3 is 0 Å². The molecule has 0 aliphatic carbocycles. The van der Waals surface area contributed by atoms with Crippen molar-refractivity contribution in [2.24, 2.45) is 5.14 Å². The zero-order valence-corrected chi connectivity index (χ0v) is 17.3. The largest absolute Gasteiger partial charge is 0.345 e. The molecule has 6 nitrogen and oxygen atoms in total. The Morgan fingerprint density at radius 1 is 1.32 bits per heavy atom. The molecule has 0 saturated heterocycles. The summed E-state index contributed by atoms with van der Waals surface area (Å²) in [6.07, 6.45) is 5.05. The number of pyridine rings is 1. The molecule has 0 aliphatic heterocycles. The fourth-order valence-electron chi connectivity index (χ4n) is 3.03. The Bertz CT molecular complexity index is 957. The molecule has 1 amide bonds. The summed E-state index contributed by atoms with van der Waals surface area (Å²) in [4.78, 5) is 17.1. The minimum Gasteiger partial charge on any atom is -0.345 e. The summed E-state index contributed by atoms with van der Waals surface area (Å²) in [6, 6.07) is 11.0. The van der Waals surface area contributed by atoms with E-state index >= 15 is 0 Å². The van der Waals surface area contributed by atoms with Crippen LogP contribution in [0.3, 0.4) is 0 Å². The molecule has 146 valence electrons. The van der Waals surface area contributed by atoms with Crippen LogP contribution in [0.4, 0.5) is 0 Å². The highest BCUT2D eigenvalue weighted by Crippen LogP contribution is 2.23. The fourth-order valence-corrected chi connectivity index (χ4v) is 3.48. The highest BCUT2D eigenvalue weighted by Gasteiger charge is 2.20. The molecule has 0 fully saturated rings. The number of carbonyl (C=O) groups is 1. The Kier molecular flexibility index (Phi) is 6.72. The van der Waals surface area contributed by atoms with Crippen molar-refractivity contribution in [2.75, 3.05) is 0 Å². The Balaban J connectivity index is 1.83. The predicted molar refractivity (Wildman–Crippen MR) is 113 cm³/mol. The topological polar surface area (TPSA) is 85.8 Å². The van der Waals surface area contributed by atoms with Gasteiger partial charge in [-0.3, -0.25) is 9.93 Å². The third-order valence-electron chi connectivity index (χ3n) is 4.49. The summed E-state index contributed by atoms with van der Waals surface area (Å²) >= 11 is 7.05. The Morgan fingerprint density at radius 2 is 2.07 bits per heavy atom. The number of rotatable bonds is 7. The first-order valence-corrected chi connectivity index (χ1v) is 10.2. The van der Waals surface area contributed by atoms with Gasteiger partial charge in [0.05, 0.1) is 29.2 Å². The van der Waals surface area contributed by atoms with E-state index in [9.17, 15) is 4.79 Å². The van der Waals surface area contributed by atoms with Crippen molar-refractivity contribution in [3.63, 3.8) is 0 Å². The highest BCUT2D eigenvalue weighted by molar-refractivity contribution is 7.97. The van der Waals surface area contributed by atoms with Crippen LogP contribution >= 0.6 is 23.5 Å². The van der Waals surface area contributed by atoms with E-state index in [4.69, 9.17) is 16.7 Å². The molecule has 0 aliphatic rings. The fraction of sp³-hybridized carbons (Fsp3) is 0.250. The lowest BCUT2D eigenvalue weighted by Crippen LogP contribution is -2.29. The molecule has 0 bridgehead atoms. The van der Waals surface area contributed by atoms with Crippen LogP contribution in [0.25, 0.3) is 5.69 Å². The van der Waals surface area contributed by atoms with Gasteiger partial charge in [0.15, 0.2) is 0 Å². The molecule has 1 atom stereocenters. The summed E-state index contributed by atoms with van der Waals surface area (Å²) in [6.45, 7) is 3.96. The van der Waals surface area contributed by atoms with Crippen molar-refractivity contribution < 1.29 is 4.79 Å². The lowest BCUT2D eigenvalue weighted by Gasteiger charge is -2.19. The summed E-state index contributed by atoms with van der Waals surface area (Å²) < 4.78 is 1.73. The smallest absolute Gasteiger partial charge is 0.255 e. The number of nitrogens with one attached hydrogen (secondary N) is 1. The van der Waals surface area contributed by atoms with E-state index in [0.717, 1.165) is 46.8 Å². The SMILES string of the molecule is CCCC(NC(=O)c1cnn(-c2ccc(Cl)cc2)c1C)c1ccnc(SN)c1. The van der Waals surface area contributed by atoms with E-state index < -0.39 is 0 Å². The molecular formula is C20H22ClN5OS. The summed E-state index contributed by atoms with van der Waals surface area (Å²) in [7, 11) is 0. The molecule has 2 heterocycles. The van der Waals surface area contributed by atoms with Crippen LogP contribution < -0.4 is 10.5 Å². The third-order valence-corrected chi connectivity index (χ3v) is 5.21. The van der Waals surface area contributed by atoms with E-state index in [0.29, 0.717) is 10.6 Å². The Morgan fingerprint density at radius 3 is 2.75 bits per heavy atom. The molecule has 0 spiro atoms. The Labute approximate surface area is 173 Å². The van der Waals surface area contributed by atoms with Gasteiger partial charge in [-0.25, -0.2) is 9.67 Å². The van der Waals surface area contributed by atoms with Crippen LogP contribution in [0.1, 0.15) is 47.4 Å². The van der Waals surface area contributed by atoms with Gasteiger partial charge in [0.25, 0.3) is 5.91 Å². The lowest BCUT2D eigenvalue weighted by atomic mass is 10.0. The molecule has 3 N–H and O–H groups in total. The van der Waals surface area contributed by atoms with Crippen LogP contribution in [-0.4, -0.2) is 20.7 Å². The molecule has 1 unspecified atom stereocenters. The molecule has 28 heavy (non-hydrogen) atoms. The zero-order chi connectivity index (χ0) is 20.1. The molecule has 0 saturated carbocycles. The first-order chi connectivity index (χ1) is 13.5. The van der Waals surface area contributed by atoms with Crippen molar-refractivity contribution in [1.29, 1.82) is 0 Å². The number of amides is 1. The zero-order valence-electron chi connectivity index (χ0n) is 15.7. The molecule has 0 radical (unpaired) electrons.